The van der Waals surface area contributed by atoms with Crippen LogP contribution in [0.2, 0.25) is 5.02 Å². The Morgan fingerprint density at radius 1 is 1.27 bits per heavy atom. The maximum Gasteiger partial charge on any atom is 0.120 e. The molecule has 22 heavy (non-hydrogen) atoms. The van der Waals surface area contributed by atoms with E-state index in [1.165, 1.54) is 12.8 Å². The number of aliphatic hydroxyl groups excluding tert-OH is 1. The van der Waals surface area contributed by atoms with E-state index in [4.69, 9.17) is 16.3 Å². The quantitative estimate of drug-likeness (QED) is 0.877. The minimum atomic E-state index is -0.449. The third-order valence-corrected chi connectivity index (χ3v) is 4.79. The first-order valence-electron chi connectivity index (χ1n) is 7.75. The van der Waals surface area contributed by atoms with E-state index >= 15 is 0 Å². The van der Waals surface area contributed by atoms with Crippen LogP contribution in [0.25, 0.3) is 0 Å². The molecular weight excluding hydrogens is 321 g/mol. The lowest BCUT2D eigenvalue weighted by Crippen LogP contribution is -2.40. The highest BCUT2D eigenvalue weighted by molar-refractivity contribution is 6.32. The lowest BCUT2D eigenvalue weighted by atomic mass is 9.99. The number of ether oxygens (including phenoxy) is 1. The topological polar surface area (TPSA) is 32.7 Å². The van der Waals surface area contributed by atoms with Crippen molar-refractivity contribution in [3.63, 3.8) is 0 Å². The lowest BCUT2D eigenvalue weighted by Gasteiger charge is -2.31. The highest BCUT2D eigenvalue weighted by Gasteiger charge is 2.18. The van der Waals surface area contributed by atoms with Gasteiger partial charge in [0.2, 0.25) is 0 Å². The number of rotatable bonds is 5. The van der Waals surface area contributed by atoms with Gasteiger partial charge in [-0.2, -0.15) is 0 Å². The first-order chi connectivity index (χ1) is 9.95. The molecule has 1 heterocycles. The van der Waals surface area contributed by atoms with E-state index in [1.807, 2.05) is 26.0 Å². The van der Waals surface area contributed by atoms with Crippen molar-refractivity contribution in [3.8, 4) is 5.75 Å². The molecule has 0 aliphatic carbocycles. The Balaban J connectivity index is 0.00000242. The maximum absolute atomic E-state index is 10.1. The predicted molar refractivity (Wildman–Crippen MR) is 94.5 cm³/mol. The van der Waals surface area contributed by atoms with Crippen LogP contribution in [0.1, 0.15) is 30.9 Å². The second kappa shape index (κ2) is 8.97. The van der Waals surface area contributed by atoms with Crippen LogP contribution < -0.4 is 4.74 Å². The van der Waals surface area contributed by atoms with Crippen LogP contribution >= 0.6 is 24.0 Å². The number of nitrogens with zero attached hydrogens (tertiary/aromatic N) is 1. The van der Waals surface area contributed by atoms with E-state index in [1.54, 1.807) is 0 Å². The molecule has 0 radical (unpaired) electrons. The Kier molecular flexibility index (Phi) is 7.98. The number of aliphatic hydroxyl groups is 1. The monoisotopic (exact) mass is 347 g/mol. The van der Waals surface area contributed by atoms with Crippen molar-refractivity contribution in [2.75, 3.05) is 26.2 Å². The van der Waals surface area contributed by atoms with Crippen LogP contribution in [0, 0.1) is 19.8 Å². The molecule has 1 N–H and O–H groups in total. The van der Waals surface area contributed by atoms with E-state index < -0.39 is 6.10 Å². The Morgan fingerprint density at radius 2 is 1.82 bits per heavy atom. The molecule has 126 valence electrons. The van der Waals surface area contributed by atoms with Gasteiger partial charge in [-0.15, -0.1) is 12.4 Å². The molecule has 3 nitrogen and oxygen atoms in total. The molecule has 0 spiro atoms. The summed E-state index contributed by atoms with van der Waals surface area (Å²) in [6.07, 6.45) is 2.00. The first kappa shape index (κ1) is 19.6. The van der Waals surface area contributed by atoms with Crippen molar-refractivity contribution < 1.29 is 9.84 Å². The lowest BCUT2D eigenvalue weighted by molar-refractivity contribution is 0.0563. The molecule has 1 aromatic carbocycles. The summed E-state index contributed by atoms with van der Waals surface area (Å²) in [7, 11) is 0. The van der Waals surface area contributed by atoms with Gasteiger partial charge >= 0.3 is 0 Å². The molecule has 1 unspecified atom stereocenters. The van der Waals surface area contributed by atoms with Gasteiger partial charge in [0.15, 0.2) is 0 Å². The van der Waals surface area contributed by atoms with E-state index in [0.29, 0.717) is 13.2 Å². The number of piperidine rings is 1. The van der Waals surface area contributed by atoms with E-state index in [9.17, 15) is 5.11 Å². The average molecular weight is 348 g/mol. The molecule has 0 aromatic heterocycles. The van der Waals surface area contributed by atoms with E-state index in [2.05, 4.69) is 11.8 Å². The van der Waals surface area contributed by atoms with Gasteiger partial charge in [0.1, 0.15) is 18.5 Å². The average Bonchev–Trinajstić information content (AvgIpc) is 2.45. The number of benzene rings is 1. The molecule has 1 aliphatic heterocycles. The summed E-state index contributed by atoms with van der Waals surface area (Å²) < 4.78 is 5.71. The van der Waals surface area contributed by atoms with Crippen molar-refractivity contribution in [1.29, 1.82) is 0 Å². The first-order valence-corrected chi connectivity index (χ1v) is 8.13. The van der Waals surface area contributed by atoms with Crippen molar-refractivity contribution in [1.82, 2.24) is 4.90 Å². The standard InChI is InChI=1S/C17H26ClNO2.ClH/c1-12-4-6-19(7-5-12)10-15(20)11-21-16-8-13(2)17(18)14(3)9-16;/h8-9,12,15,20H,4-7,10-11H2,1-3H3;1H. The van der Waals surface area contributed by atoms with Crippen molar-refractivity contribution in [2.24, 2.45) is 5.92 Å². The number of hydrogen-bond acceptors (Lipinski definition) is 3. The van der Waals surface area contributed by atoms with Gasteiger partial charge in [-0.25, -0.2) is 0 Å². The molecule has 1 saturated heterocycles. The van der Waals surface area contributed by atoms with Crippen LogP contribution in [-0.2, 0) is 0 Å². The molecule has 0 bridgehead atoms. The zero-order chi connectivity index (χ0) is 15.4. The van der Waals surface area contributed by atoms with Crippen LogP contribution in [0.3, 0.4) is 0 Å². The van der Waals surface area contributed by atoms with E-state index in [-0.39, 0.29) is 12.4 Å². The predicted octanol–water partition coefficient (Wildman–Crippen LogP) is 3.85. The van der Waals surface area contributed by atoms with Crippen LogP contribution in [-0.4, -0.2) is 42.4 Å². The van der Waals surface area contributed by atoms with Crippen LogP contribution in [0.5, 0.6) is 5.75 Å². The van der Waals surface area contributed by atoms with Crippen LogP contribution in [0.4, 0.5) is 0 Å². The Morgan fingerprint density at radius 3 is 2.36 bits per heavy atom. The fourth-order valence-electron chi connectivity index (χ4n) is 2.78. The molecule has 0 amide bonds. The number of hydrogen-bond donors (Lipinski definition) is 1. The van der Waals surface area contributed by atoms with Gasteiger partial charge < -0.3 is 14.7 Å². The number of likely N-dealkylation sites (tertiary alicyclic amines) is 1. The van der Waals surface area contributed by atoms with Gasteiger partial charge in [-0.1, -0.05) is 18.5 Å². The minimum absolute atomic E-state index is 0. The summed E-state index contributed by atoms with van der Waals surface area (Å²) in [6, 6.07) is 3.84. The van der Waals surface area contributed by atoms with Gasteiger partial charge in [-0.05, 0) is 69.0 Å². The molecule has 1 aliphatic rings. The third kappa shape index (κ3) is 5.62. The largest absolute Gasteiger partial charge is 0.491 e. The van der Waals surface area contributed by atoms with Crippen molar-refractivity contribution in [3.05, 3.63) is 28.3 Å². The highest BCUT2D eigenvalue weighted by Crippen LogP contribution is 2.26. The van der Waals surface area contributed by atoms with E-state index in [0.717, 1.165) is 40.9 Å². The molecule has 0 saturated carbocycles. The summed E-state index contributed by atoms with van der Waals surface area (Å²) in [5.41, 5.74) is 2.01. The third-order valence-electron chi connectivity index (χ3n) is 4.20. The van der Waals surface area contributed by atoms with Gasteiger partial charge in [-0.3, -0.25) is 0 Å². The summed E-state index contributed by atoms with van der Waals surface area (Å²) in [6.45, 7) is 9.41. The SMILES string of the molecule is Cc1cc(OCC(O)CN2CCC(C)CC2)cc(C)c1Cl.Cl. The second-order valence-corrected chi connectivity index (χ2v) is 6.70. The normalized spacial score (nSPS) is 17.9. The number of β-amino-alcohol motifs (C(OH)–C–C–N with tert-alkyl or cyclic N) is 1. The fourth-order valence-corrected chi connectivity index (χ4v) is 2.89. The van der Waals surface area contributed by atoms with Gasteiger partial charge in [0.05, 0.1) is 0 Å². The molecule has 1 atom stereocenters. The van der Waals surface area contributed by atoms with Gasteiger partial charge in [0.25, 0.3) is 0 Å². The van der Waals surface area contributed by atoms with Crippen LogP contribution in [0.15, 0.2) is 12.1 Å². The summed E-state index contributed by atoms with van der Waals surface area (Å²) >= 11 is 6.14. The highest BCUT2D eigenvalue weighted by atomic mass is 35.5. The molecule has 1 aromatic rings. The zero-order valence-corrected chi connectivity index (χ0v) is 15.2. The molecule has 2 rings (SSSR count). The van der Waals surface area contributed by atoms with Crippen molar-refractivity contribution in [2.45, 2.75) is 39.7 Å². The molecule has 1 fully saturated rings. The maximum atomic E-state index is 10.1. The second-order valence-electron chi connectivity index (χ2n) is 6.32. The Hall–Kier alpha value is -0.480. The molecule has 5 heteroatoms. The Bertz CT molecular complexity index is 451. The molecular formula is C17H27Cl2NO2. The fraction of sp³-hybridized carbons (Fsp3) is 0.647. The number of aryl methyl sites for hydroxylation is 2. The summed E-state index contributed by atoms with van der Waals surface area (Å²) in [4.78, 5) is 2.33. The van der Waals surface area contributed by atoms with Crippen molar-refractivity contribution >= 4 is 24.0 Å². The summed E-state index contributed by atoms with van der Waals surface area (Å²) in [5.74, 6) is 1.59. The minimum Gasteiger partial charge on any atom is -0.491 e. The zero-order valence-electron chi connectivity index (χ0n) is 13.6. The smallest absolute Gasteiger partial charge is 0.120 e. The number of halogens is 2. The Labute approximate surface area is 145 Å². The summed E-state index contributed by atoms with van der Waals surface area (Å²) in [5, 5.41) is 10.9. The van der Waals surface area contributed by atoms with Gasteiger partial charge in [0, 0.05) is 11.6 Å².